The molecule has 0 amide bonds. The van der Waals surface area contributed by atoms with Crippen molar-refractivity contribution in [2.24, 2.45) is 0 Å². The molecule has 10 rings (SSSR count). The Kier molecular flexibility index (Phi) is 6.42. The summed E-state index contributed by atoms with van der Waals surface area (Å²) in [6, 6.07) is 45.8. The van der Waals surface area contributed by atoms with E-state index in [0.29, 0.717) is 23.1 Å². The molecule has 1 unspecified atom stereocenters. The van der Waals surface area contributed by atoms with Crippen LogP contribution in [0.25, 0.3) is 84.9 Å². The number of para-hydroxylation sites is 2. The largest absolute Gasteiger partial charge is 0.453 e. The van der Waals surface area contributed by atoms with Gasteiger partial charge in [0, 0.05) is 56.2 Å². The summed E-state index contributed by atoms with van der Waals surface area (Å²) >= 11 is 0. The standard InChI is InChI=1S/C43H28N6O/c1-4-12-27(13-5-1)41-46-42(28-14-6-2-7-15-28)48-43(47-41)34-24-44-25-39-40(34)33-23-35(45-26-38(33)50-39)29-20-21-37-32(22-29)31-18-10-11-19-36(31)49(37)30-16-8-3-9-17-30/h1-26,35,45H. The molecule has 7 nitrogen and oxygen atoms in total. The zero-order valence-corrected chi connectivity index (χ0v) is 26.7. The zero-order chi connectivity index (χ0) is 33.0. The fourth-order valence-corrected chi connectivity index (χ4v) is 7.08. The summed E-state index contributed by atoms with van der Waals surface area (Å²) < 4.78 is 8.70. The first-order chi connectivity index (χ1) is 24.8. The third-order valence-electron chi connectivity index (χ3n) is 9.40. The SMILES string of the molecule is C1=c2oc3cncc(-c4nc(-c5ccccc5)nc(-c5ccccc5)n4)c3c2=CC(c2ccc3c(c2)c2ccccc2n3-c2ccccc2)N1. The zero-order valence-electron chi connectivity index (χ0n) is 26.7. The maximum atomic E-state index is 6.36. The van der Waals surface area contributed by atoms with Gasteiger partial charge in [0.05, 0.1) is 23.3 Å². The van der Waals surface area contributed by atoms with Crippen LogP contribution in [0, 0.1) is 0 Å². The summed E-state index contributed by atoms with van der Waals surface area (Å²) in [6.45, 7) is 0. The van der Waals surface area contributed by atoms with E-state index in [1.54, 1.807) is 6.20 Å². The van der Waals surface area contributed by atoms with Gasteiger partial charge in [-0.15, -0.1) is 0 Å². The monoisotopic (exact) mass is 644 g/mol. The van der Waals surface area contributed by atoms with Crippen LogP contribution in [0.4, 0.5) is 0 Å². The fraction of sp³-hybridized carbons (Fsp3) is 0.0233. The summed E-state index contributed by atoms with van der Waals surface area (Å²) in [6.07, 6.45) is 7.78. The van der Waals surface area contributed by atoms with E-state index in [-0.39, 0.29) is 6.04 Å². The summed E-state index contributed by atoms with van der Waals surface area (Å²) in [5.41, 5.74) is 8.67. The molecule has 1 atom stereocenters. The molecule has 0 spiro atoms. The summed E-state index contributed by atoms with van der Waals surface area (Å²) in [7, 11) is 0. The highest BCUT2D eigenvalue weighted by Crippen LogP contribution is 2.34. The van der Waals surface area contributed by atoms with E-state index in [4.69, 9.17) is 19.4 Å². The lowest BCUT2D eigenvalue weighted by Crippen LogP contribution is -2.32. The smallest absolute Gasteiger partial charge is 0.166 e. The van der Waals surface area contributed by atoms with Crippen molar-refractivity contribution in [3.8, 4) is 39.9 Å². The second-order valence-corrected chi connectivity index (χ2v) is 12.4. The Bertz CT molecular complexity index is 2790. The van der Waals surface area contributed by atoms with Crippen LogP contribution < -0.4 is 16.0 Å². The van der Waals surface area contributed by atoms with Gasteiger partial charge >= 0.3 is 0 Å². The predicted octanol–water partition coefficient (Wildman–Crippen LogP) is 7.97. The van der Waals surface area contributed by atoms with Crippen molar-refractivity contribution in [1.82, 2.24) is 29.8 Å². The van der Waals surface area contributed by atoms with Crippen molar-refractivity contribution in [3.05, 3.63) is 162 Å². The van der Waals surface area contributed by atoms with Gasteiger partial charge in [-0.3, -0.25) is 4.98 Å². The Morgan fingerprint density at radius 1 is 0.600 bits per heavy atom. The van der Waals surface area contributed by atoms with E-state index in [1.165, 1.54) is 21.8 Å². The third kappa shape index (κ3) is 4.59. The predicted molar refractivity (Wildman–Crippen MR) is 199 cm³/mol. The first kappa shape index (κ1) is 28.2. The van der Waals surface area contributed by atoms with Gasteiger partial charge in [0.15, 0.2) is 28.5 Å². The van der Waals surface area contributed by atoms with Crippen LogP contribution in [0.5, 0.6) is 0 Å². The molecule has 5 aromatic carbocycles. The molecular weight excluding hydrogens is 617 g/mol. The second kappa shape index (κ2) is 11.4. The Morgan fingerprint density at radius 3 is 1.98 bits per heavy atom. The minimum absolute atomic E-state index is 0.0920. The number of benzene rings is 5. The maximum absolute atomic E-state index is 6.36. The lowest BCUT2D eigenvalue weighted by Gasteiger charge is -2.16. The number of rotatable bonds is 5. The van der Waals surface area contributed by atoms with Gasteiger partial charge in [-0.25, -0.2) is 15.0 Å². The van der Waals surface area contributed by atoms with Gasteiger partial charge in [-0.2, -0.15) is 0 Å². The van der Waals surface area contributed by atoms with Crippen molar-refractivity contribution in [2.75, 3.05) is 0 Å². The van der Waals surface area contributed by atoms with E-state index < -0.39 is 0 Å². The molecule has 9 aromatic rings. The maximum Gasteiger partial charge on any atom is 0.166 e. The summed E-state index contributed by atoms with van der Waals surface area (Å²) in [5.74, 6) is 1.74. The quantitative estimate of drug-likeness (QED) is 0.205. The fourth-order valence-electron chi connectivity index (χ4n) is 7.08. The topological polar surface area (TPSA) is 81.7 Å². The van der Waals surface area contributed by atoms with Crippen LogP contribution in [0.15, 0.2) is 150 Å². The van der Waals surface area contributed by atoms with Crippen molar-refractivity contribution in [3.63, 3.8) is 0 Å². The molecule has 0 saturated carbocycles. The Hall–Kier alpha value is -6.86. The number of aromatic nitrogens is 5. The average Bonchev–Trinajstić information content (AvgIpc) is 3.74. The lowest BCUT2D eigenvalue weighted by atomic mass is 10.00. The van der Waals surface area contributed by atoms with Gasteiger partial charge in [0.1, 0.15) is 0 Å². The number of hydrogen-bond donors (Lipinski definition) is 1. The minimum atomic E-state index is -0.0920. The van der Waals surface area contributed by atoms with Crippen molar-refractivity contribution >= 4 is 45.1 Å². The minimum Gasteiger partial charge on any atom is -0.453 e. The Labute approximate surface area is 286 Å². The molecule has 7 heteroatoms. The Morgan fingerprint density at radius 2 is 1.24 bits per heavy atom. The molecule has 0 fully saturated rings. The van der Waals surface area contributed by atoms with Gasteiger partial charge in [0.25, 0.3) is 0 Å². The molecule has 0 bridgehead atoms. The molecule has 1 aliphatic heterocycles. The second-order valence-electron chi connectivity index (χ2n) is 12.4. The lowest BCUT2D eigenvalue weighted by molar-refractivity contribution is 0.565. The molecular formula is C43H28N6O. The van der Waals surface area contributed by atoms with Crippen molar-refractivity contribution in [2.45, 2.75) is 6.04 Å². The number of fused-ring (bicyclic) bond motifs is 6. The molecule has 50 heavy (non-hydrogen) atoms. The third-order valence-corrected chi connectivity index (χ3v) is 9.40. The van der Waals surface area contributed by atoms with Crippen molar-refractivity contribution in [1.29, 1.82) is 0 Å². The highest BCUT2D eigenvalue weighted by atomic mass is 16.3. The number of furan rings is 1. The number of nitrogens with zero attached hydrogens (tertiary/aromatic N) is 5. The average molecular weight is 645 g/mol. The van der Waals surface area contributed by atoms with Gasteiger partial charge in [-0.05, 0) is 42.0 Å². The van der Waals surface area contributed by atoms with Crippen LogP contribution >= 0.6 is 0 Å². The highest BCUT2D eigenvalue weighted by Gasteiger charge is 2.21. The first-order valence-electron chi connectivity index (χ1n) is 16.6. The van der Waals surface area contributed by atoms with Crippen LogP contribution in [0.2, 0.25) is 0 Å². The normalized spacial score (nSPS) is 13.9. The van der Waals surface area contributed by atoms with E-state index in [2.05, 4.69) is 93.7 Å². The molecule has 1 aliphatic rings. The molecule has 5 heterocycles. The van der Waals surface area contributed by atoms with Gasteiger partial charge in [-0.1, -0.05) is 103 Å². The first-order valence-corrected chi connectivity index (χ1v) is 16.6. The van der Waals surface area contributed by atoms with Crippen LogP contribution in [0.1, 0.15) is 11.6 Å². The molecule has 1 N–H and O–H groups in total. The van der Waals surface area contributed by atoms with Crippen LogP contribution in [-0.4, -0.2) is 24.5 Å². The molecule has 0 saturated heterocycles. The van der Waals surface area contributed by atoms with E-state index in [0.717, 1.165) is 44.0 Å². The number of pyridine rings is 1. The molecule has 0 aliphatic carbocycles. The Balaban J connectivity index is 1.14. The van der Waals surface area contributed by atoms with Gasteiger partial charge < -0.3 is 14.3 Å². The van der Waals surface area contributed by atoms with Crippen LogP contribution in [-0.2, 0) is 0 Å². The summed E-state index contributed by atoms with van der Waals surface area (Å²) in [5, 5.41) is 7.91. The summed E-state index contributed by atoms with van der Waals surface area (Å²) in [4.78, 5) is 19.4. The van der Waals surface area contributed by atoms with E-state index in [1.807, 2.05) is 73.1 Å². The van der Waals surface area contributed by atoms with Crippen molar-refractivity contribution < 1.29 is 4.42 Å². The van der Waals surface area contributed by atoms with Gasteiger partial charge in [0.2, 0.25) is 0 Å². The van der Waals surface area contributed by atoms with Crippen LogP contribution in [0.3, 0.4) is 0 Å². The van der Waals surface area contributed by atoms with E-state index in [9.17, 15) is 0 Å². The highest BCUT2D eigenvalue weighted by molar-refractivity contribution is 6.09. The molecule has 4 aromatic heterocycles. The molecule has 0 radical (unpaired) electrons. The molecule has 236 valence electrons. The van der Waals surface area contributed by atoms with E-state index >= 15 is 0 Å². The number of nitrogens with one attached hydrogen (secondary N) is 1. The number of hydrogen-bond acceptors (Lipinski definition) is 6.